The van der Waals surface area contributed by atoms with Crippen LogP contribution in [0.15, 0.2) is 29.2 Å². The molecule has 0 unspecified atom stereocenters. The number of thioether (sulfide) groups is 1. The van der Waals surface area contributed by atoms with E-state index >= 15 is 0 Å². The lowest BCUT2D eigenvalue weighted by Gasteiger charge is -2.33. The number of hydrogen-bond acceptors (Lipinski definition) is 3. The Bertz CT molecular complexity index is 459. The van der Waals surface area contributed by atoms with Gasteiger partial charge in [-0.2, -0.15) is 8.78 Å². The monoisotopic (exact) mass is 288 g/mol. The lowest BCUT2D eigenvalue weighted by atomic mass is 9.74. The van der Waals surface area contributed by atoms with E-state index in [2.05, 4.69) is 0 Å². The first kappa shape index (κ1) is 14.3. The van der Waals surface area contributed by atoms with Gasteiger partial charge in [-0.3, -0.25) is 4.79 Å². The van der Waals surface area contributed by atoms with E-state index < -0.39 is 17.1 Å². The number of carboxylic acid groups (broad SMARTS) is 1. The van der Waals surface area contributed by atoms with Crippen molar-refractivity contribution in [3.05, 3.63) is 29.8 Å². The van der Waals surface area contributed by atoms with Crippen molar-refractivity contribution in [2.45, 2.75) is 28.9 Å². The van der Waals surface area contributed by atoms with Gasteiger partial charge in [-0.05, 0) is 30.5 Å². The number of carbonyl (C=O) groups is 1. The average Bonchev–Trinajstić information content (AvgIpc) is 2.39. The van der Waals surface area contributed by atoms with E-state index in [0.717, 1.165) is 0 Å². The number of benzene rings is 1. The predicted octanol–water partition coefficient (Wildman–Crippen LogP) is 3.13. The molecule has 1 fully saturated rings. The van der Waals surface area contributed by atoms with E-state index in [-0.39, 0.29) is 0 Å². The maximum atomic E-state index is 12.4. The molecule has 3 nitrogen and oxygen atoms in total. The van der Waals surface area contributed by atoms with Crippen molar-refractivity contribution in [2.75, 3.05) is 13.2 Å². The topological polar surface area (TPSA) is 46.5 Å². The lowest BCUT2D eigenvalue weighted by Crippen LogP contribution is -2.41. The van der Waals surface area contributed by atoms with Gasteiger partial charge in [0, 0.05) is 18.1 Å². The second-order valence-electron chi connectivity index (χ2n) is 4.41. The Morgan fingerprint density at radius 3 is 2.63 bits per heavy atom. The quantitative estimate of drug-likeness (QED) is 0.865. The minimum atomic E-state index is -2.51. The minimum absolute atomic E-state index is 0.366. The molecule has 0 atom stereocenters. The number of aliphatic carboxylic acids is 1. The third kappa shape index (κ3) is 3.06. The van der Waals surface area contributed by atoms with Gasteiger partial charge >= 0.3 is 5.97 Å². The maximum Gasteiger partial charge on any atom is 0.314 e. The molecule has 0 saturated carbocycles. The molecule has 1 aromatic rings. The maximum absolute atomic E-state index is 12.4. The first-order valence-corrected chi connectivity index (χ1v) is 6.79. The molecular formula is C13H14F2O3S. The molecule has 19 heavy (non-hydrogen) atoms. The largest absolute Gasteiger partial charge is 0.481 e. The second kappa shape index (κ2) is 5.88. The molecule has 2 rings (SSSR count). The summed E-state index contributed by atoms with van der Waals surface area (Å²) in [6.07, 6.45) is 0.732. The molecular weight excluding hydrogens is 274 g/mol. The zero-order valence-corrected chi connectivity index (χ0v) is 11.0. The summed E-state index contributed by atoms with van der Waals surface area (Å²) in [5, 5.41) is 9.50. The van der Waals surface area contributed by atoms with Gasteiger partial charge in [-0.15, -0.1) is 0 Å². The summed E-state index contributed by atoms with van der Waals surface area (Å²) in [4.78, 5) is 12.0. The van der Waals surface area contributed by atoms with Crippen LogP contribution in [0.1, 0.15) is 18.4 Å². The van der Waals surface area contributed by atoms with Gasteiger partial charge in [0.05, 0.1) is 5.41 Å². The number of halogens is 2. The Labute approximate surface area is 114 Å². The normalized spacial score (nSPS) is 18.5. The summed E-state index contributed by atoms with van der Waals surface area (Å²) in [6.45, 7) is 0.747. The van der Waals surface area contributed by atoms with Crippen LogP contribution in [-0.4, -0.2) is 30.0 Å². The number of rotatable bonds is 4. The fourth-order valence-corrected chi connectivity index (χ4v) is 2.87. The van der Waals surface area contributed by atoms with Gasteiger partial charge < -0.3 is 9.84 Å². The molecule has 1 aromatic carbocycles. The molecule has 1 N–H and O–H groups in total. The van der Waals surface area contributed by atoms with Crippen LogP contribution in [-0.2, 0) is 14.9 Å². The summed E-state index contributed by atoms with van der Waals surface area (Å²) in [7, 11) is 0. The van der Waals surface area contributed by atoms with Crippen LogP contribution in [0.4, 0.5) is 8.78 Å². The van der Waals surface area contributed by atoms with E-state index in [1.165, 1.54) is 0 Å². The molecule has 1 aliphatic rings. The Hall–Kier alpha value is -1.14. The van der Waals surface area contributed by atoms with Crippen molar-refractivity contribution in [2.24, 2.45) is 0 Å². The molecule has 0 bridgehead atoms. The Morgan fingerprint density at radius 2 is 2.05 bits per heavy atom. The molecule has 104 valence electrons. The highest BCUT2D eigenvalue weighted by Crippen LogP contribution is 2.37. The molecule has 0 aliphatic carbocycles. The van der Waals surface area contributed by atoms with E-state index in [9.17, 15) is 18.7 Å². The highest BCUT2D eigenvalue weighted by Gasteiger charge is 2.41. The van der Waals surface area contributed by atoms with Gasteiger partial charge in [-0.25, -0.2) is 0 Å². The average molecular weight is 288 g/mol. The van der Waals surface area contributed by atoms with Crippen LogP contribution in [0.2, 0.25) is 0 Å². The Balaban J connectivity index is 2.34. The lowest BCUT2D eigenvalue weighted by molar-refractivity contribution is -0.147. The van der Waals surface area contributed by atoms with Gasteiger partial charge in [0.25, 0.3) is 5.76 Å². The standard InChI is InChI=1S/C13H14F2O3S/c14-12(15)19-10-3-1-2-9(8-10)13(11(16)17)4-6-18-7-5-13/h1-3,8,12H,4-7H2,(H,16,17). The fraction of sp³-hybridized carbons (Fsp3) is 0.462. The summed E-state index contributed by atoms with van der Waals surface area (Å²) in [6, 6.07) is 6.43. The van der Waals surface area contributed by atoms with E-state index in [1.54, 1.807) is 24.3 Å². The van der Waals surface area contributed by atoms with Crippen molar-refractivity contribution < 1.29 is 23.4 Å². The molecule has 0 aromatic heterocycles. The zero-order chi connectivity index (χ0) is 13.9. The van der Waals surface area contributed by atoms with Crippen LogP contribution in [0.5, 0.6) is 0 Å². The molecule has 1 aliphatic heterocycles. The smallest absolute Gasteiger partial charge is 0.314 e. The summed E-state index contributed by atoms with van der Waals surface area (Å²) in [5.41, 5.74) is -0.439. The van der Waals surface area contributed by atoms with Crippen molar-refractivity contribution in [1.29, 1.82) is 0 Å². The van der Waals surface area contributed by atoms with E-state index in [0.29, 0.717) is 48.3 Å². The Kier molecular flexibility index (Phi) is 4.42. The number of alkyl halides is 2. The van der Waals surface area contributed by atoms with E-state index in [4.69, 9.17) is 4.74 Å². The zero-order valence-electron chi connectivity index (χ0n) is 10.1. The van der Waals surface area contributed by atoms with Crippen LogP contribution in [0.3, 0.4) is 0 Å². The third-order valence-corrected chi connectivity index (χ3v) is 4.07. The van der Waals surface area contributed by atoms with Crippen molar-refractivity contribution >= 4 is 17.7 Å². The number of hydrogen-bond donors (Lipinski definition) is 1. The summed E-state index contributed by atoms with van der Waals surface area (Å²) < 4.78 is 30.0. The van der Waals surface area contributed by atoms with Crippen molar-refractivity contribution in [3.63, 3.8) is 0 Å². The predicted molar refractivity (Wildman–Crippen MR) is 67.7 cm³/mol. The van der Waals surface area contributed by atoms with Crippen molar-refractivity contribution in [1.82, 2.24) is 0 Å². The highest BCUT2D eigenvalue weighted by molar-refractivity contribution is 7.99. The second-order valence-corrected chi connectivity index (χ2v) is 5.47. The van der Waals surface area contributed by atoms with Gasteiger partial charge in [0.15, 0.2) is 0 Å². The molecule has 0 spiro atoms. The van der Waals surface area contributed by atoms with Crippen LogP contribution in [0, 0.1) is 0 Å². The third-order valence-electron chi connectivity index (χ3n) is 3.37. The first-order valence-electron chi connectivity index (χ1n) is 5.91. The summed E-state index contributed by atoms with van der Waals surface area (Å²) >= 11 is 0.429. The SMILES string of the molecule is O=C(O)C1(c2cccc(SC(F)F)c2)CCOCC1. The fourth-order valence-electron chi connectivity index (χ4n) is 2.32. The van der Waals surface area contributed by atoms with Crippen LogP contribution < -0.4 is 0 Å². The molecule has 6 heteroatoms. The first-order chi connectivity index (χ1) is 9.04. The molecule has 0 amide bonds. The molecule has 1 saturated heterocycles. The highest BCUT2D eigenvalue weighted by atomic mass is 32.2. The minimum Gasteiger partial charge on any atom is -0.481 e. The van der Waals surface area contributed by atoms with Gasteiger partial charge in [0.1, 0.15) is 0 Å². The number of carboxylic acids is 1. The van der Waals surface area contributed by atoms with Crippen molar-refractivity contribution in [3.8, 4) is 0 Å². The number of ether oxygens (including phenoxy) is 1. The Morgan fingerprint density at radius 1 is 1.37 bits per heavy atom. The summed E-state index contributed by atoms with van der Waals surface area (Å²) in [5.74, 6) is -3.43. The van der Waals surface area contributed by atoms with E-state index in [1.807, 2.05) is 0 Å². The molecule has 1 heterocycles. The van der Waals surface area contributed by atoms with Gasteiger partial charge in [-0.1, -0.05) is 23.9 Å². The van der Waals surface area contributed by atoms with Crippen LogP contribution >= 0.6 is 11.8 Å². The van der Waals surface area contributed by atoms with Gasteiger partial charge in [0.2, 0.25) is 0 Å². The van der Waals surface area contributed by atoms with Crippen LogP contribution in [0.25, 0.3) is 0 Å². The molecule has 0 radical (unpaired) electrons.